The zero-order chi connectivity index (χ0) is 19.4. The maximum absolute atomic E-state index is 2.56. The van der Waals surface area contributed by atoms with Crippen molar-refractivity contribution in [3.63, 3.8) is 0 Å². The third-order valence-corrected chi connectivity index (χ3v) is 14.6. The second-order valence-electron chi connectivity index (χ2n) is 11.1. The predicted molar refractivity (Wildman–Crippen MR) is 124 cm³/mol. The molecule has 0 nitrogen and oxygen atoms in total. The smallest absolute Gasteiger partial charge is 0.0106 e. The van der Waals surface area contributed by atoms with Gasteiger partial charge < -0.3 is 0 Å². The Morgan fingerprint density at radius 2 is 0.808 bits per heavy atom. The summed E-state index contributed by atoms with van der Waals surface area (Å²) in [5, 5.41) is 5.32. The van der Waals surface area contributed by atoms with E-state index in [-0.39, 0.29) is 15.8 Å². The highest BCUT2D eigenvalue weighted by Gasteiger charge is 2.49. The van der Waals surface area contributed by atoms with Gasteiger partial charge in [-0.25, -0.2) is 0 Å². The average molecular weight is 391 g/mol. The Bertz CT molecular complexity index is 565. The van der Waals surface area contributed by atoms with Crippen molar-refractivity contribution in [2.45, 2.75) is 115 Å². The Morgan fingerprint density at radius 3 is 1.08 bits per heavy atom. The second kappa shape index (κ2) is 6.85. The summed E-state index contributed by atoms with van der Waals surface area (Å²) in [6, 6.07) is 9.69. The van der Waals surface area contributed by atoms with E-state index >= 15 is 0 Å². The van der Waals surface area contributed by atoms with Crippen molar-refractivity contribution in [1.82, 2.24) is 0 Å². The first kappa shape index (κ1) is 20.8. The van der Waals surface area contributed by atoms with Crippen molar-refractivity contribution in [3.05, 3.63) is 24.3 Å². The molecule has 146 valence electrons. The lowest BCUT2D eigenvalue weighted by Gasteiger charge is -2.54. The molecule has 0 amide bonds. The van der Waals surface area contributed by atoms with Crippen molar-refractivity contribution < 1.29 is 0 Å². The molecule has 0 aliphatic carbocycles. The van der Waals surface area contributed by atoms with Crippen LogP contribution in [-0.2, 0) is 0 Å². The minimum atomic E-state index is -0.166. The molecule has 2 aliphatic heterocycles. The molecule has 0 spiro atoms. The Balaban J connectivity index is 2.17. The van der Waals surface area contributed by atoms with E-state index in [1.165, 1.54) is 38.5 Å². The molecule has 0 N–H and O–H groups in total. The third kappa shape index (κ3) is 3.67. The summed E-state index contributed by atoms with van der Waals surface area (Å²) in [6.07, 6.45) is 8.35. The maximum Gasteiger partial charge on any atom is -0.0106 e. The summed E-state index contributed by atoms with van der Waals surface area (Å²) >= 11 is 0. The Hall–Kier alpha value is 0.0800. The van der Waals surface area contributed by atoms with Crippen molar-refractivity contribution in [2.24, 2.45) is 0 Å². The number of hydrogen-bond acceptors (Lipinski definition) is 0. The summed E-state index contributed by atoms with van der Waals surface area (Å²) in [5.74, 6) is 0. The Labute approximate surface area is 165 Å². The number of hydrogen-bond donors (Lipinski definition) is 0. The summed E-state index contributed by atoms with van der Waals surface area (Å²) in [7, 11) is -0.331. The molecule has 3 rings (SSSR count). The van der Waals surface area contributed by atoms with Gasteiger partial charge in [-0.1, -0.05) is 108 Å². The molecule has 2 fully saturated rings. The molecule has 2 saturated heterocycles. The first-order valence-corrected chi connectivity index (χ1v) is 13.3. The second-order valence-corrected chi connectivity index (χ2v) is 18.3. The molecule has 2 heterocycles. The van der Waals surface area contributed by atoms with E-state index in [1.54, 1.807) is 10.6 Å². The molecule has 0 saturated carbocycles. The third-order valence-electron chi connectivity index (χ3n) is 6.94. The van der Waals surface area contributed by atoms with Crippen LogP contribution in [0.15, 0.2) is 24.3 Å². The van der Waals surface area contributed by atoms with Crippen molar-refractivity contribution >= 4 is 26.5 Å². The zero-order valence-corrected chi connectivity index (χ0v) is 20.2. The first-order valence-electron chi connectivity index (χ1n) is 10.6. The quantitative estimate of drug-likeness (QED) is 0.462. The van der Waals surface area contributed by atoms with E-state index in [4.69, 9.17) is 0 Å². The average Bonchev–Trinajstić information content (AvgIpc) is 2.45. The molecule has 2 aliphatic rings. The summed E-state index contributed by atoms with van der Waals surface area (Å²) in [5.41, 5.74) is 0. The highest BCUT2D eigenvalue weighted by atomic mass is 31.1. The Morgan fingerprint density at radius 1 is 0.538 bits per heavy atom. The van der Waals surface area contributed by atoms with Gasteiger partial charge in [0.1, 0.15) is 0 Å². The minimum Gasteiger partial charge on any atom is -0.0630 e. The maximum atomic E-state index is 2.56. The van der Waals surface area contributed by atoms with Gasteiger partial charge in [0.25, 0.3) is 0 Å². The normalized spacial score (nSPS) is 28.0. The lowest BCUT2D eigenvalue weighted by molar-refractivity contribution is 0.469. The van der Waals surface area contributed by atoms with Gasteiger partial charge in [0, 0.05) is 0 Å². The van der Waals surface area contributed by atoms with Crippen molar-refractivity contribution in [3.8, 4) is 0 Å². The van der Waals surface area contributed by atoms with Gasteiger partial charge in [0.05, 0.1) is 0 Å². The Kier molecular flexibility index (Phi) is 5.48. The van der Waals surface area contributed by atoms with Gasteiger partial charge in [-0.15, -0.1) is 0 Å². The lowest BCUT2D eigenvalue weighted by Crippen LogP contribution is -2.47. The fourth-order valence-corrected chi connectivity index (χ4v) is 15.2. The topological polar surface area (TPSA) is 0 Å². The van der Waals surface area contributed by atoms with E-state index in [0.717, 1.165) is 0 Å². The largest absolute Gasteiger partial charge is 0.0630 e. The number of rotatable bonds is 2. The molecular weight excluding hydrogens is 350 g/mol. The van der Waals surface area contributed by atoms with Crippen LogP contribution >= 0.6 is 15.8 Å². The zero-order valence-electron chi connectivity index (χ0n) is 18.4. The summed E-state index contributed by atoms with van der Waals surface area (Å²) < 4.78 is 0. The van der Waals surface area contributed by atoms with Crippen LogP contribution in [0.4, 0.5) is 0 Å². The van der Waals surface area contributed by atoms with E-state index in [2.05, 4.69) is 79.7 Å². The van der Waals surface area contributed by atoms with Crippen LogP contribution in [0.25, 0.3) is 0 Å². The molecule has 1 aromatic rings. The van der Waals surface area contributed by atoms with E-state index in [0.29, 0.717) is 20.6 Å². The molecule has 26 heavy (non-hydrogen) atoms. The van der Waals surface area contributed by atoms with Gasteiger partial charge in [-0.2, -0.15) is 0 Å². The molecular formula is C24H40P2. The van der Waals surface area contributed by atoms with Crippen LogP contribution in [-0.4, -0.2) is 20.6 Å². The van der Waals surface area contributed by atoms with E-state index < -0.39 is 0 Å². The van der Waals surface area contributed by atoms with Crippen LogP contribution in [0.5, 0.6) is 0 Å². The fraction of sp³-hybridized carbons (Fsp3) is 0.750. The van der Waals surface area contributed by atoms with Crippen LogP contribution < -0.4 is 10.6 Å². The van der Waals surface area contributed by atoms with Crippen LogP contribution in [0.1, 0.15) is 93.9 Å². The van der Waals surface area contributed by atoms with Crippen LogP contribution in [0, 0.1) is 0 Å². The van der Waals surface area contributed by atoms with Gasteiger partial charge >= 0.3 is 0 Å². The van der Waals surface area contributed by atoms with Crippen LogP contribution in [0.2, 0.25) is 0 Å². The van der Waals surface area contributed by atoms with Gasteiger partial charge in [0.2, 0.25) is 0 Å². The van der Waals surface area contributed by atoms with E-state index in [9.17, 15) is 0 Å². The molecule has 0 aromatic heterocycles. The molecule has 0 atom stereocenters. The summed E-state index contributed by atoms with van der Waals surface area (Å²) in [4.78, 5) is 0. The predicted octanol–water partition coefficient (Wildman–Crippen LogP) is 7.38. The first-order chi connectivity index (χ1) is 11.9. The van der Waals surface area contributed by atoms with Crippen molar-refractivity contribution in [1.29, 1.82) is 0 Å². The molecule has 0 unspecified atom stereocenters. The number of benzene rings is 1. The highest BCUT2D eigenvalue weighted by Crippen LogP contribution is 2.69. The monoisotopic (exact) mass is 390 g/mol. The molecule has 2 heteroatoms. The van der Waals surface area contributed by atoms with Gasteiger partial charge in [-0.3, -0.25) is 0 Å². The standard InChI is InChI=1S/C24H40P2/c1-21(2)15-11-16-22(3,4)25(21)19-13-9-10-14-20(19)26-23(5,6)17-12-18-24(26,7)8/h9-10,13-14H,11-12,15-18H2,1-8H3. The van der Waals surface area contributed by atoms with Gasteiger partial charge in [0.15, 0.2) is 0 Å². The van der Waals surface area contributed by atoms with E-state index in [1.807, 2.05) is 0 Å². The highest BCUT2D eigenvalue weighted by molar-refractivity contribution is 7.74. The van der Waals surface area contributed by atoms with Gasteiger partial charge in [-0.05, 0) is 56.9 Å². The fourth-order valence-electron chi connectivity index (χ4n) is 6.14. The SMILES string of the molecule is CC1(C)CCCC(C)(C)P1c1ccccc1P1C(C)(C)CCCC1(C)C. The molecule has 1 aromatic carbocycles. The summed E-state index contributed by atoms with van der Waals surface area (Å²) in [6.45, 7) is 20.5. The molecule has 0 radical (unpaired) electrons. The lowest BCUT2D eigenvalue weighted by atomic mass is 9.98. The molecule has 0 bridgehead atoms. The van der Waals surface area contributed by atoms with Crippen molar-refractivity contribution in [2.75, 3.05) is 0 Å². The minimum absolute atomic E-state index is 0.166. The van der Waals surface area contributed by atoms with Crippen LogP contribution in [0.3, 0.4) is 0 Å².